The van der Waals surface area contributed by atoms with Crippen molar-refractivity contribution in [3.05, 3.63) is 53.1 Å². The third-order valence-electron chi connectivity index (χ3n) is 3.13. The lowest BCUT2D eigenvalue weighted by Crippen LogP contribution is -2.11. The Kier molecular flexibility index (Phi) is 4.75. The van der Waals surface area contributed by atoms with Gasteiger partial charge in [-0.25, -0.2) is 8.42 Å². The Bertz CT molecular complexity index is 727. The highest BCUT2D eigenvalue weighted by Gasteiger charge is 2.17. The number of halogens is 1. The molecule has 0 aliphatic heterocycles. The fourth-order valence-corrected chi connectivity index (χ4v) is 3.56. The Morgan fingerprint density at radius 3 is 2.38 bits per heavy atom. The molecule has 2 N–H and O–H groups in total. The van der Waals surface area contributed by atoms with Crippen LogP contribution in [0.5, 0.6) is 5.75 Å². The summed E-state index contributed by atoms with van der Waals surface area (Å²) in [6.07, 6.45) is 0.411. The molecule has 0 heterocycles. The zero-order valence-electron chi connectivity index (χ0n) is 11.5. The first kappa shape index (κ1) is 15.7. The number of nitrogen functional groups attached to an aromatic ring is 1. The van der Waals surface area contributed by atoms with E-state index in [2.05, 4.69) is 0 Å². The van der Waals surface area contributed by atoms with Gasteiger partial charge in [0.2, 0.25) is 0 Å². The van der Waals surface area contributed by atoms with Crippen LogP contribution >= 0.6 is 11.6 Å². The summed E-state index contributed by atoms with van der Waals surface area (Å²) in [5.41, 5.74) is 6.84. The molecule has 0 amide bonds. The topological polar surface area (TPSA) is 69.4 Å². The largest absolute Gasteiger partial charge is 0.497 e. The van der Waals surface area contributed by atoms with E-state index < -0.39 is 9.84 Å². The van der Waals surface area contributed by atoms with Crippen LogP contribution in [0.1, 0.15) is 5.56 Å². The van der Waals surface area contributed by atoms with Crippen LogP contribution in [0.3, 0.4) is 0 Å². The first-order valence-corrected chi connectivity index (χ1v) is 8.36. The molecule has 0 fully saturated rings. The number of hydrogen-bond acceptors (Lipinski definition) is 4. The zero-order chi connectivity index (χ0) is 15.5. The molecular formula is C15H16ClNO3S. The summed E-state index contributed by atoms with van der Waals surface area (Å²) in [6.45, 7) is 0. The third kappa shape index (κ3) is 3.89. The van der Waals surface area contributed by atoms with Crippen LogP contribution in [0.15, 0.2) is 47.4 Å². The van der Waals surface area contributed by atoms with E-state index in [4.69, 9.17) is 22.1 Å². The molecule has 0 aromatic heterocycles. The van der Waals surface area contributed by atoms with E-state index in [0.717, 1.165) is 11.3 Å². The van der Waals surface area contributed by atoms with Crippen LogP contribution < -0.4 is 10.5 Å². The van der Waals surface area contributed by atoms with Gasteiger partial charge in [-0.05, 0) is 42.3 Å². The molecule has 2 aromatic carbocycles. The SMILES string of the molecule is COc1ccc(CCS(=O)(=O)c2ccc(Cl)cc2N)cc1. The van der Waals surface area contributed by atoms with Gasteiger partial charge in [-0.3, -0.25) is 0 Å². The van der Waals surface area contributed by atoms with E-state index >= 15 is 0 Å². The quantitative estimate of drug-likeness (QED) is 0.858. The minimum Gasteiger partial charge on any atom is -0.497 e. The Labute approximate surface area is 129 Å². The molecular weight excluding hydrogens is 310 g/mol. The lowest BCUT2D eigenvalue weighted by Gasteiger charge is -2.08. The van der Waals surface area contributed by atoms with Crippen molar-refractivity contribution in [2.45, 2.75) is 11.3 Å². The number of benzene rings is 2. The van der Waals surface area contributed by atoms with Crippen molar-refractivity contribution in [3.63, 3.8) is 0 Å². The average molecular weight is 326 g/mol. The van der Waals surface area contributed by atoms with Crippen LogP contribution in [-0.4, -0.2) is 21.3 Å². The highest BCUT2D eigenvalue weighted by molar-refractivity contribution is 7.91. The van der Waals surface area contributed by atoms with Gasteiger partial charge >= 0.3 is 0 Å². The van der Waals surface area contributed by atoms with E-state index in [-0.39, 0.29) is 16.3 Å². The lowest BCUT2D eigenvalue weighted by molar-refractivity contribution is 0.414. The molecule has 112 valence electrons. The van der Waals surface area contributed by atoms with Gasteiger partial charge in [0.05, 0.1) is 23.4 Å². The first-order valence-electron chi connectivity index (χ1n) is 6.33. The van der Waals surface area contributed by atoms with E-state index in [0.29, 0.717) is 11.4 Å². The molecule has 0 atom stereocenters. The highest BCUT2D eigenvalue weighted by atomic mass is 35.5. The van der Waals surface area contributed by atoms with Gasteiger partial charge in [0.25, 0.3) is 0 Å². The fraction of sp³-hybridized carbons (Fsp3) is 0.200. The van der Waals surface area contributed by atoms with E-state index in [1.54, 1.807) is 19.2 Å². The third-order valence-corrected chi connectivity index (χ3v) is 5.14. The molecule has 0 saturated heterocycles. The molecule has 2 aromatic rings. The normalized spacial score (nSPS) is 11.3. The number of ether oxygens (including phenoxy) is 1. The Hall–Kier alpha value is -1.72. The van der Waals surface area contributed by atoms with Gasteiger partial charge in [-0.2, -0.15) is 0 Å². The van der Waals surface area contributed by atoms with Gasteiger partial charge in [0.15, 0.2) is 9.84 Å². The molecule has 0 aliphatic rings. The van der Waals surface area contributed by atoms with E-state index in [9.17, 15) is 8.42 Å². The summed E-state index contributed by atoms with van der Waals surface area (Å²) in [7, 11) is -1.85. The summed E-state index contributed by atoms with van der Waals surface area (Å²) < 4.78 is 29.7. The molecule has 4 nitrogen and oxygen atoms in total. The number of aryl methyl sites for hydroxylation is 1. The van der Waals surface area contributed by atoms with Crippen molar-refractivity contribution < 1.29 is 13.2 Å². The minimum absolute atomic E-state index is 0.00877. The van der Waals surface area contributed by atoms with Crippen molar-refractivity contribution in [1.29, 1.82) is 0 Å². The molecule has 0 aliphatic carbocycles. The van der Waals surface area contributed by atoms with Gasteiger partial charge < -0.3 is 10.5 Å². The number of nitrogens with two attached hydrogens (primary N) is 1. The van der Waals surface area contributed by atoms with E-state index in [1.165, 1.54) is 18.2 Å². The van der Waals surface area contributed by atoms with Gasteiger partial charge in [0.1, 0.15) is 5.75 Å². The maximum Gasteiger partial charge on any atom is 0.180 e. The van der Waals surface area contributed by atoms with Crippen molar-refractivity contribution in [2.24, 2.45) is 0 Å². The second kappa shape index (κ2) is 6.37. The standard InChI is InChI=1S/C15H16ClNO3S/c1-20-13-5-2-11(3-6-13)8-9-21(18,19)15-7-4-12(16)10-14(15)17/h2-7,10H,8-9,17H2,1H3. The summed E-state index contributed by atoms with van der Waals surface area (Å²) in [6, 6.07) is 11.7. The molecule has 21 heavy (non-hydrogen) atoms. The van der Waals surface area contributed by atoms with Crippen LogP contribution in [0, 0.1) is 0 Å². The van der Waals surface area contributed by atoms with Crippen LogP contribution in [0.25, 0.3) is 0 Å². The second-order valence-corrected chi connectivity index (χ2v) is 7.11. The molecule has 0 spiro atoms. The maximum absolute atomic E-state index is 12.3. The van der Waals surface area contributed by atoms with Crippen LogP contribution in [0.2, 0.25) is 5.02 Å². The highest BCUT2D eigenvalue weighted by Crippen LogP contribution is 2.24. The summed E-state index contributed by atoms with van der Waals surface area (Å²) in [5, 5.41) is 0.418. The maximum atomic E-state index is 12.3. The Morgan fingerprint density at radius 1 is 1.14 bits per heavy atom. The molecule has 0 bridgehead atoms. The second-order valence-electron chi connectivity index (χ2n) is 4.60. The number of methoxy groups -OCH3 is 1. The number of rotatable bonds is 5. The van der Waals surface area contributed by atoms with Gasteiger partial charge in [-0.15, -0.1) is 0 Å². The Morgan fingerprint density at radius 2 is 1.81 bits per heavy atom. The monoisotopic (exact) mass is 325 g/mol. The predicted octanol–water partition coefficient (Wildman–Crippen LogP) is 2.95. The Balaban J connectivity index is 2.13. The van der Waals surface area contributed by atoms with Crippen LogP contribution in [-0.2, 0) is 16.3 Å². The van der Waals surface area contributed by atoms with Gasteiger partial charge in [-0.1, -0.05) is 23.7 Å². The van der Waals surface area contributed by atoms with Crippen LogP contribution in [0.4, 0.5) is 5.69 Å². The number of hydrogen-bond donors (Lipinski definition) is 1. The molecule has 0 unspecified atom stereocenters. The lowest BCUT2D eigenvalue weighted by atomic mass is 10.2. The number of sulfone groups is 1. The van der Waals surface area contributed by atoms with Crippen molar-refractivity contribution in [3.8, 4) is 5.75 Å². The molecule has 6 heteroatoms. The smallest absolute Gasteiger partial charge is 0.180 e. The van der Waals surface area contributed by atoms with Gasteiger partial charge in [0, 0.05) is 5.02 Å². The van der Waals surface area contributed by atoms with Crippen molar-refractivity contribution >= 4 is 27.1 Å². The average Bonchev–Trinajstić information content (AvgIpc) is 2.45. The number of anilines is 1. The molecule has 2 rings (SSSR count). The van der Waals surface area contributed by atoms with E-state index in [1.807, 2.05) is 12.1 Å². The molecule has 0 saturated carbocycles. The van der Waals surface area contributed by atoms with Crippen molar-refractivity contribution in [1.82, 2.24) is 0 Å². The summed E-state index contributed by atoms with van der Waals surface area (Å²) >= 11 is 5.78. The summed E-state index contributed by atoms with van der Waals surface area (Å²) in [5.74, 6) is 0.731. The fourth-order valence-electron chi connectivity index (χ4n) is 1.96. The van der Waals surface area contributed by atoms with Crippen molar-refractivity contribution in [2.75, 3.05) is 18.6 Å². The predicted molar refractivity (Wildman–Crippen MR) is 84.6 cm³/mol. The zero-order valence-corrected chi connectivity index (χ0v) is 13.1. The molecule has 0 radical (unpaired) electrons. The minimum atomic E-state index is -3.44. The first-order chi connectivity index (χ1) is 9.92. The summed E-state index contributed by atoms with van der Waals surface area (Å²) in [4.78, 5) is 0.125.